The lowest BCUT2D eigenvalue weighted by Crippen LogP contribution is -2.25. The average Bonchev–Trinajstić information content (AvgIpc) is 2.98. The van der Waals surface area contributed by atoms with Gasteiger partial charge in [0.15, 0.2) is 0 Å². The van der Waals surface area contributed by atoms with Crippen LogP contribution in [-0.4, -0.2) is 23.5 Å². The van der Waals surface area contributed by atoms with E-state index >= 15 is 0 Å². The number of nitrogens with one attached hydrogen (secondary N) is 1. The van der Waals surface area contributed by atoms with Gasteiger partial charge in [-0.1, -0.05) is 58.3 Å². The Morgan fingerprint density at radius 3 is 2.85 bits per heavy atom. The van der Waals surface area contributed by atoms with Crippen molar-refractivity contribution in [3.63, 3.8) is 0 Å². The standard InChI is InChI=1S/C16H23NOS2/c18-16(9-5-4-8-15-11-13-19-20-15)17-12-10-14-6-2-1-3-7-14/h1-3,6-7,15H,4-5,8-13H2,(H,17,18). The maximum Gasteiger partial charge on any atom is 0.220 e. The van der Waals surface area contributed by atoms with Gasteiger partial charge in [0.25, 0.3) is 0 Å². The van der Waals surface area contributed by atoms with Crippen molar-refractivity contribution in [1.29, 1.82) is 0 Å². The highest BCUT2D eigenvalue weighted by Gasteiger charge is 2.15. The summed E-state index contributed by atoms with van der Waals surface area (Å²) in [7, 11) is 4.02. The van der Waals surface area contributed by atoms with E-state index in [0.717, 1.165) is 24.6 Å². The van der Waals surface area contributed by atoms with Gasteiger partial charge in [-0.2, -0.15) is 0 Å². The van der Waals surface area contributed by atoms with Gasteiger partial charge >= 0.3 is 0 Å². The van der Waals surface area contributed by atoms with E-state index in [9.17, 15) is 4.79 Å². The quantitative estimate of drug-likeness (QED) is 0.580. The zero-order chi connectivity index (χ0) is 14.0. The van der Waals surface area contributed by atoms with Gasteiger partial charge in [0.1, 0.15) is 0 Å². The lowest BCUT2D eigenvalue weighted by molar-refractivity contribution is -0.121. The Hall–Kier alpha value is -0.610. The number of amides is 1. The largest absolute Gasteiger partial charge is 0.356 e. The fourth-order valence-electron chi connectivity index (χ4n) is 2.30. The summed E-state index contributed by atoms with van der Waals surface area (Å²) < 4.78 is 0. The Labute approximate surface area is 129 Å². The van der Waals surface area contributed by atoms with Crippen LogP contribution in [0.15, 0.2) is 30.3 Å². The second-order valence-electron chi connectivity index (χ2n) is 5.16. The first-order valence-corrected chi connectivity index (χ1v) is 9.82. The average molecular weight is 310 g/mol. The maximum atomic E-state index is 11.7. The monoisotopic (exact) mass is 309 g/mol. The van der Waals surface area contributed by atoms with Crippen molar-refractivity contribution in [2.75, 3.05) is 12.3 Å². The first-order chi connectivity index (χ1) is 9.84. The topological polar surface area (TPSA) is 29.1 Å². The van der Waals surface area contributed by atoms with E-state index in [4.69, 9.17) is 0 Å². The summed E-state index contributed by atoms with van der Waals surface area (Å²) in [6.07, 6.45) is 6.43. The summed E-state index contributed by atoms with van der Waals surface area (Å²) >= 11 is 0. The molecule has 0 saturated carbocycles. The molecule has 1 amide bonds. The fraction of sp³-hybridized carbons (Fsp3) is 0.562. The van der Waals surface area contributed by atoms with Gasteiger partial charge < -0.3 is 5.32 Å². The normalized spacial score (nSPS) is 18.1. The van der Waals surface area contributed by atoms with Crippen LogP contribution in [0.3, 0.4) is 0 Å². The number of carbonyl (C=O) groups excluding carboxylic acids is 1. The molecule has 2 rings (SSSR count). The number of benzene rings is 1. The third-order valence-corrected chi connectivity index (χ3v) is 6.49. The van der Waals surface area contributed by atoms with Crippen molar-refractivity contribution in [2.24, 2.45) is 0 Å². The highest BCUT2D eigenvalue weighted by atomic mass is 33.1. The van der Waals surface area contributed by atoms with Crippen molar-refractivity contribution < 1.29 is 4.79 Å². The first kappa shape index (κ1) is 15.8. The third-order valence-electron chi connectivity index (χ3n) is 3.49. The molecule has 110 valence electrons. The summed E-state index contributed by atoms with van der Waals surface area (Å²) in [4.78, 5) is 11.7. The molecule has 1 atom stereocenters. The van der Waals surface area contributed by atoms with Gasteiger partial charge in [-0.05, 0) is 31.2 Å². The molecule has 1 aliphatic rings. The molecule has 1 aliphatic heterocycles. The smallest absolute Gasteiger partial charge is 0.220 e. The molecule has 20 heavy (non-hydrogen) atoms. The molecule has 0 radical (unpaired) electrons. The summed E-state index contributed by atoms with van der Waals surface area (Å²) in [5, 5.41) is 3.85. The van der Waals surface area contributed by atoms with E-state index in [-0.39, 0.29) is 5.91 Å². The van der Waals surface area contributed by atoms with Crippen LogP contribution in [0, 0.1) is 0 Å². The second-order valence-corrected chi connectivity index (χ2v) is 7.95. The lowest BCUT2D eigenvalue weighted by Gasteiger charge is -2.07. The van der Waals surface area contributed by atoms with Crippen LogP contribution in [0.4, 0.5) is 0 Å². The molecule has 1 heterocycles. The van der Waals surface area contributed by atoms with Gasteiger partial charge in [-0.3, -0.25) is 4.79 Å². The zero-order valence-electron chi connectivity index (χ0n) is 11.8. The Morgan fingerprint density at radius 2 is 2.10 bits per heavy atom. The van der Waals surface area contributed by atoms with Crippen LogP contribution in [0.1, 0.15) is 37.7 Å². The molecule has 4 heteroatoms. The highest BCUT2D eigenvalue weighted by Crippen LogP contribution is 2.39. The van der Waals surface area contributed by atoms with Gasteiger partial charge in [0, 0.05) is 24.0 Å². The Kier molecular flexibility index (Phi) is 7.37. The van der Waals surface area contributed by atoms with E-state index in [1.165, 1.54) is 30.6 Å². The summed E-state index contributed by atoms with van der Waals surface area (Å²) in [6, 6.07) is 10.3. The van der Waals surface area contributed by atoms with Crippen molar-refractivity contribution in [2.45, 2.75) is 43.8 Å². The second kappa shape index (κ2) is 9.35. The van der Waals surface area contributed by atoms with Gasteiger partial charge in [0.05, 0.1) is 0 Å². The molecule has 0 aromatic heterocycles. The molecule has 1 aromatic rings. The summed E-state index contributed by atoms with van der Waals surface area (Å²) in [6.45, 7) is 0.748. The van der Waals surface area contributed by atoms with Crippen LogP contribution >= 0.6 is 21.6 Å². The molecule has 1 N–H and O–H groups in total. The maximum absolute atomic E-state index is 11.7. The molecule has 0 bridgehead atoms. The third kappa shape index (κ3) is 6.23. The van der Waals surface area contributed by atoms with Crippen LogP contribution < -0.4 is 5.32 Å². The minimum Gasteiger partial charge on any atom is -0.356 e. The molecule has 1 saturated heterocycles. The van der Waals surface area contributed by atoms with Crippen molar-refractivity contribution in [3.05, 3.63) is 35.9 Å². The fourth-order valence-corrected chi connectivity index (χ4v) is 5.33. The first-order valence-electron chi connectivity index (χ1n) is 7.43. The van der Waals surface area contributed by atoms with Crippen molar-refractivity contribution in [3.8, 4) is 0 Å². The van der Waals surface area contributed by atoms with Crippen LogP contribution in [0.25, 0.3) is 0 Å². The molecule has 0 spiro atoms. The SMILES string of the molecule is O=C(CCCCC1CCSS1)NCCc1ccccc1. The number of carbonyl (C=O) groups is 1. The summed E-state index contributed by atoms with van der Waals surface area (Å²) in [5.74, 6) is 1.50. The molecule has 1 unspecified atom stereocenters. The van der Waals surface area contributed by atoms with E-state index < -0.39 is 0 Å². The van der Waals surface area contributed by atoms with E-state index in [0.29, 0.717) is 6.42 Å². The molecule has 1 fully saturated rings. The molecule has 1 aromatic carbocycles. The van der Waals surface area contributed by atoms with Crippen LogP contribution in [-0.2, 0) is 11.2 Å². The Morgan fingerprint density at radius 1 is 1.25 bits per heavy atom. The zero-order valence-corrected chi connectivity index (χ0v) is 13.5. The molecular weight excluding hydrogens is 286 g/mol. The van der Waals surface area contributed by atoms with Gasteiger partial charge in [-0.15, -0.1) is 0 Å². The minimum atomic E-state index is 0.203. The highest BCUT2D eigenvalue weighted by molar-refractivity contribution is 8.77. The Bertz CT molecular complexity index is 391. The molecular formula is C16H23NOS2. The van der Waals surface area contributed by atoms with Crippen LogP contribution in [0.5, 0.6) is 0 Å². The lowest BCUT2D eigenvalue weighted by atomic mass is 10.1. The summed E-state index contributed by atoms with van der Waals surface area (Å²) in [5.41, 5.74) is 1.28. The van der Waals surface area contributed by atoms with Gasteiger partial charge in [-0.25, -0.2) is 0 Å². The number of hydrogen-bond acceptors (Lipinski definition) is 3. The van der Waals surface area contributed by atoms with Gasteiger partial charge in [0.2, 0.25) is 5.91 Å². The number of rotatable bonds is 8. The molecule has 2 nitrogen and oxygen atoms in total. The number of unbranched alkanes of at least 4 members (excludes halogenated alkanes) is 1. The van der Waals surface area contributed by atoms with E-state index in [2.05, 4.69) is 17.4 Å². The Balaban J connectivity index is 1.48. The molecule has 0 aliphatic carbocycles. The predicted molar refractivity (Wildman–Crippen MR) is 90.1 cm³/mol. The van der Waals surface area contributed by atoms with E-state index in [1.807, 2.05) is 39.8 Å². The van der Waals surface area contributed by atoms with Crippen LogP contribution in [0.2, 0.25) is 0 Å². The van der Waals surface area contributed by atoms with Crippen molar-refractivity contribution in [1.82, 2.24) is 5.32 Å². The van der Waals surface area contributed by atoms with E-state index in [1.54, 1.807) is 0 Å². The minimum absolute atomic E-state index is 0.203. The number of hydrogen-bond donors (Lipinski definition) is 1. The predicted octanol–water partition coefficient (Wildman–Crippen LogP) is 4.06. The van der Waals surface area contributed by atoms with Crippen molar-refractivity contribution >= 4 is 27.5 Å².